The minimum atomic E-state index is -0.195. The molecule has 8 heteroatoms. The van der Waals surface area contributed by atoms with Crippen molar-refractivity contribution in [3.8, 4) is 5.88 Å². The number of Topliss-reactive ketones (excluding diaryl/α,β-unsaturated/α-hetero) is 1. The molecule has 0 spiro atoms. The first-order chi connectivity index (χ1) is 15.8. The largest absolute Gasteiger partial charge is 0.474 e. The van der Waals surface area contributed by atoms with Gasteiger partial charge in [0.25, 0.3) is 0 Å². The molecule has 0 radical (unpaired) electrons. The van der Waals surface area contributed by atoms with Gasteiger partial charge in [-0.25, -0.2) is 4.98 Å². The van der Waals surface area contributed by atoms with Gasteiger partial charge in [0.05, 0.1) is 22.6 Å². The van der Waals surface area contributed by atoms with Crippen molar-refractivity contribution >= 4 is 28.5 Å². The Labute approximate surface area is 194 Å². The summed E-state index contributed by atoms with van der Waals surface area (Å²) in [5, 5.41) is 5.40. The van der Waals surface area contributed by atoms with Crippen molar-refractivity contribution in [3.63, 3.8) is 0 Å². The summed E-state index contributed by atoms with van der Waals surface area (Å²) in [6.45, 7) is 9.32. The van der Waals surface area contributed by atoms with E-state index in [1.165, 1.54) is 0 Å². The van der Waals surface area contributed by atoms with Gasteiger partial charge in [0.1, 0.15) is 11.9 Å². The Hall–Kier alpha value is -3.00. The Morgan fingerprint density at radius 2 is 2.15 bits per heavy atom. The molecule has 2 atom stereocenters. The van der Waals surface area contributed by atoms with E-state index >= 15 is 0 Å². The first-order valence-corrected chi connectivity index (χ1v) is 11.6. The molecule has 4 rings (SSSR count). The van der Waals surface area contributed by atoms with Crippen LogP contribution in [0.2, 0.25) is 0 Å². The second kappa shape index (κ2) is 9.87. The maximum atomic E-state index is 12.1. The van der Waals surface area contributed by atoms with Gasteiger partial charge in [-0.1, -0.05) is 12.2 Å². The number of carbonyl (C=O) groups is 1. The van der Waals surface area contributed by atoms with Crippen LogP contribution >= 0.6 is 0 Å². The van der Waals surface area contributed by atoms with Crippen LogP contribution in [-0.4, -0.2) is 52.1 Å². The maximum Gasteiger partial charge on any atom is 0.225 e. The minimum absolute atomic E-state index is 0.0808. The number of rotatable bonds is 6. The molecule has 1 saturated carbocycles. The Morgan fingerprint density at radius 3 is 2.85 bits per heavy atom. The normalized spacial score (nSPS) is 22.1. The summed E-state index contributed by atoms with van der Waals surface area (Å²) >= 11 is 0. The molecule has 2 fully saturated rings. The van der Waals surface area contributed by atoms with Gasteiger partial charge in [0, 0.05) is 62.7 Å². The van der Waals surface area contributed by atoms with E-state index in [2.05, 4.69) is 11.7 Å². The third-order valence-corrected chi connectivity index (χ3v) is 6.34. The van der Waals surface area contributed by atoms with E-state index in [1.807, 2.05) is 39.4 Å². The number of allylic oxidation sites excluding steroid dienone is 3. The van der Waals surface area contributed by atoms with Crippen molar-refractivity contribution in [2.45, 2.75) is 58.1 Å². The van der Waals surface area contributed by atoms with Gasteiger partial charge in [-0.2, -0.15) is 5.10 Å². The van der Waals surface area contributed by atoms with Crippen LogP contribution in [0.1, 0.15) is 51.6 Å². The van der Waals surface area contributed by atoms with E-state index in [4.69, 9.17) is 25.2 Å². The lowest BCUT2D eigenvalue weighted by molar-refractivity contribution is -0.121. The summed E-state index contributed by atoms with van der Waals surface area (Å²) in [5.74, 6) is 0.787. The number of aryl methyl sites for hydroxylation is 1. The molecule has 1 aliphatic carbocycles. The lowest BCUT2D eigenvalue weighted by atomic mass is 9.82. The smallest absolute Gasteiger partial charge is 0.225 e. The molecule has 176 valence electrons. The van der Waals surface area contributed by atoms with Gasteiger partial charge in [-0.15, -0.1) is 0 Å². The second-order valence-corrected chi connectivity index (χ2v) is 9.22. The number of carbonyl (C=O) groups excluding carboxylic acids is 1. The number of fused-ring (bicyclic) bond motifs is 1. The number of nitrogens with two attached hydrogens (primary N) is 1. The summed E-state index contributed by atoms with van der Waals surface area (Å²) in [5.41, 5.74) is 10.0. The second-order valence-electron chi connectivity index (χ2n) is 9.22. The Morgan fingerprint density at radius 1 is 1.39 bits per heavy atom. The van der Waals surface area contributed by atoms with Crippen LogP contribution in [0.3, 0.4) is 0 Å². The molecule has 33 heavy (non-hydrogen) atoms. The van der Waals surface area contributed by atoms with E-state index in [9.17, 15) is 4.79 Å². The van der Waals surface area contributed by atoms with Gasteiger partial charge in [-0.3, -0.25) is 14.5 Å². The predicted molar refractivity (Wildman–Crippen MR) is 129 cm³/mol. The van der Waals surface area contributed by atoms with E-state index in [1.54, 1.807) is 4.68 Å². The minimum Gasteiger partial charge on any atom is -0.474 e. The first-order valence-electron chi connectivity index (χ1n) is 11.6. The topological polar surface area (TPSA) is 105 Å². The Kier molecular flexibility index (Phi) is 6.93. The number of ether oxygens (including phenoxy) is 2. The maximum absolute atomic E-state index is 12.1. The van der Waals surface area contributed by atoms with Crippen molar-refractivity contribution in [1.29, 1.82) is 0 Å². The van der Waals surface area contributed by atoms with E-state index in [-0.39, 0.29) is 23.8 Å². The zero-order chi connectivity index (χ0) is 23.5. The lowest BCUT2D eigenvalue weighted by Crippen LogP contribution is -2.30. The molecule has 2 aromatic heterocycles. The molecular formula is C25H33N5O3. The molecule has 0 aromatic carbocycles. The van der Waals surface area contributed by atoms with Crippen LogP contribution in [0.5, 0.6) is 5.88 Å². The quantitative estimate of drug-likeness (QED) is 0.531. The molecule has 0 bridgehead atoms. The number of aromatic nitrogens is 3. The van der Waals surface area contributed by atoms with Crippen LogP contribution in [0.15, 0.2) is 35.1 Å². The van der Waals surface area contributed by atoms with E-state index in [0.29, 0.717) is 30.1 Å². The molecule has 8 nitrogen and oxygen atoms in total. The fourth-order valence-corrected chi connectivity index (χ4v) is 4.48. The van der Waals surface area contributed by atoms with Crippen molar-refractivity contribution < 1.29 is 14.3 Å². The van der Waals surface area contributed by atoms with Crippen molar-refractivity contribution in [3.05, 3.63) is 35.8 Å². The molecule has 0 unspecified atom stereocenters. The molecule has 2 aromatic rings. The highest BCUT2D eigenvalue weighted by atomic mass is 16.5. The number of aliphatic imine (C=N–C) groups is 1. The van der Waals surface area contributed by atoms with Crippen molar-refractivity contribution in [1.82, 2.24) is 14.8 Å². The monoisotopic (exact) mass is 451 g/mol. The first kappa shape index (κ1) is 23.2. The van der Waals surface area contributed by atoms with E-state index < -0.39 is 0 Å². The summed E-state index contributed by atoms with van der Waals surface area (Å²) in [7, 11) is 1.87. The molecule has 1 saturated heterocycles. The summed E-state index contributed by atoms with van der Waals surface area (Å²) in [6.07, 6.45) is 7.08. The number of hydrogen-bond acceptors (Lipinski definition) is 7. The van der Waals surface area contributed by atoms with Gasteiger partial charge < -0.3 is 15.2 Å². The highest BCUT2D eigenvalue weighted by Crippen LogP contribution is 2.32. The number of pyridine rings is 1. The average Bonchev–Trinajstić information content (AvgIpc) is 3.14. The van der Waals surface area contributed by atoms with Crippen molar-refractivity contribution in [2.24, 2.45) is 23.7 Å². The SMILES string of the molecule is C=C1CC(=O)C[C@@H]([C@@H](C)Oc2nc(C(C=NC3CCOCC3)=C(C)N)cc3nn(C)cc23)C1. The molecular weight excluding hydrogens is 418 g/mol. The van der Waals surface area contributed by atoms with Crippen LogP contribution in [-0.2, 0) is 16.6 Å². The average molecular weight is 452 g/mol. The van der Waals surface area contributed by atoms with Gasteiger partial charge in [-0.05, 0) is 39.2 Å². The third-order valence-electron chi connectivity index (χ3n) is 6.34. The summed E-state index contributed by atoms with van der Waals surface area (Å²) < 4.78 is 13.5. The third kappa shape index (κ3) is 5.50. The number of nitrogens with zero attached hydrogens (tertiary/aromatic N) is 4. The van der Waals surface area contributed by atoms with Gasteiger partial charge in [0.2, 0.25) is 5.88 Å². The lowest BCUT2D eigenvalue weighted by Gasteiger charge is -2.28. The Balaban J connectivity index is 1.65. The van der Waals surface area contributed by atoms with Crippen LogP contribution in [0.4, 0.5) is 0 Å². The van der Waals surface area contributed by atoms with Gasteiger partial charge >= 0.3 is 0 Å². The summed E-state index contributed by atoms with van der Waals surface area (Å²) in [6, 6.07) is 2.14. The summed E-state index contributed by atoms with van der Waals surface area (Å²) in [4.78, 5) is 21.7. The zero-order valence-electron chi connectivity index (χ0n) is 19.7. The molecule has 3 heterocycles. The standard InChI is InChI=1S/C25H33N5O3/c1-15-9-18(11-20(31)10-15)17(3)33-25-22-14-30(4)29-24(22)12-23(28-25)21(16(2)26)13-27-19-5-7-32-8-6-19/h12-14,17-19H,1,5-11,26H2,2-4H3/t17-,18+/m1/s1. The Bertz CT molecular complexity index is 1090. The fourth-order valence-electron chi connectivity index (χ4n) is 4.48. The number of hydrogen-bond donors (Lipinski definition) is 1. The predicted octanol–water partition coefficient (Wildman–Crippen LogP) is 3.60. The van der Waals surface area contributed by atoms with Gasteiger partial charge in [0.15, 0.2) is 0 Å². The molecule has 0 amide bonds. The van der Waals surface area contributed by atoms with Crippen LogP contribution < -0.4 is 10.5 Å². The van der Waals surface area contributed by atoms with E-state index in [0.717, 1.165) is 54.5 Å². The number of ketones is 1. The molecule has 2 aliphatic rings. The highest BCUT2D eigenvalue weighted by Gasteiger charge is 2.29. The fraction of sp³-hybridized carbons (Fsp3) is 0.520. The van der Waals surface area contributed by atoms with Crippen molar-refractivity contribution in [2.75, 3.05) is 13.2 Å². The molecule has 2 N–H and O–H groups in total. The molecule has 1 aliphatic heterocycles. The van der Waals surface area contributed by atoms with Crippen LogP contribution in [0, 0.1) is 5.92 Å². The zero-order valence-corrected chi connectivity index (χ0v) is 19.7. The highest BCUT2D eigenvalue weighted by molar-refractivity contribution is 6.11. The van der Waals surface area contributed by atoms with Crippen LogP contribution in [0.25, 0.3) is 16.5 Å².